The zero-order valence-electron chi connectivity index (χ0n) is 13.8. The second kappa shape index (κ2) is 7.55. The molecular weight excluding hydrogens is 310 g/mol. The van der Waals surface area contributed by atoms with E-state index < -0.39 is 9.84 Å². The van der Waals surface area contributed by atoms with Crippen LogP contribution in [0.3, 0.4) is 0 Å². The molecule has 0 spiro atoms. The topological polar surface area (TPSA) is 72.0 Å². The number of sulfone groups is 1. The van der Waals surface area contributed by atoms with E-state index >= 15 is 0 Å². The summed E-state index contributed by atoms with van der Waals surface area (Å²) in [5, 5.41) is 3.24. The predicted octanol–water partition coefficient (Wildman–Crippen LogP) is 3.01. The van der Waals surface area contributed by atoms with E-state index in [1.54, 1.807) is 24.3 Å². The fraction of sp³-hybridized carbons (Fsp3) is 0.412. The maximum absolute atomic E-state index is 12.5. The lowest BCUT2D eigenvalue weighted by atomic mass is 10.2. The van der Waals surface area contributed by atoms with Crippen LogP contribution in [0.4, 0.5) is 5.82 Å². The fourth-order valence-corrected chi connectivity index (χ4v) is 3.96. The van der Waals surface area contributed by atoms with Gasteiger partial charge in [0.2, 0.25) is 0 Å². The number of aryl methyl sites for hydroxylation is 2. The molecule has 1 heterocycles. The quantitative estimate of drug-likeness (QED) is 0.843. The number of hydrogen-bond donors (Lipinski definition) is 1. The second-order valence-corrected chi connectivity index (χ2v) is 7.52. The lowest BCUT2D eigenvalue weighted by Gasteiger charge is -2.18. The average molecular weight is 333 g/mol. The van der Waals surface area contributed by atoms with Crippen LogP contribution < -0.4 is 5.32 Å². The van der Waals surface area contributed by atoms with Gasteiger partial charge in [0.25, 0.3) is 0 Å². The molecule has 1 aromatic carbocycles. The van der Waals surface area contributed by atoms with Gasteiger partial charge < -0.3 is 5.32 Å². The Morgan fingerprint density at radius 1 is 1.13 bits per heavy atom. The van der Waals surface area contributed by atoms with Crippen molar-refractivity contribution in [2.75, 3.05) is 11.1 Å². The molecule has 1 atom stereocenters. The van der Waals surface area contributed by atoms with Gasteiger partial charge >= 0.3 is 0 Å². The molecule has 5 nitrogen and oxygen atoms in total. The summed E-state index contributed by atoms with van der Waals surface area (Å²) in [4.78, 5) is 9.05. The number of rotatable bonds is 7. The van der Waals surface area contributed by atoms with Crippen molar-refractivity contribution >= 4 is 15.7 Å². The number of aromatic nitrogens is 2. The molecule has 124 valence electrons. The number of hydrogen-bond acceptors (Lipinski definition) is 5. The van der Waals surface area contributed by atoms with Crippen LogP contribution in [-0.4, -0.2) is 30.2 Å². The summed E-state index contributed by atoms with van der Waals surface area (Å²) in [6, 6.07) is 10.2. The monoisotopic (exact) mass is 333 g/mol. The Morgan fingerprint density at radius 2 is 1.83 bits per heavy atom. The van der Waals surface area contributed by atoms with Gasteiger partial charge in [0, 0.05) is 17.8 Å². The van der Waals surface area contributed by atoms with Crippen LogP contribution in [0.25, 0.3) is 0 Å². The summed E-state index contributed by atoms with van der Waals surface area (Å²) in [6.07, 6.45) is 1.51. The van der Waals surface area contributed by atoms with Crippen molar-refractivity contribution in [1.29, 1.82) is 0 Å². The van der Waals surface area contributed by atoms with E-state index in [4.69, 9.17) is 0 Å². The van der Waals surface area contributed by atoms with E-state index in [0.29, 0.717) is 23.0 Å². The van der Waals surface area contributed by atoms with Crippen molar-refractivity contribution < 1.29 is 8.42 Å². The molecule has 1 N–H and O–H groups in total. The summed E-state index contributed by atoms with van der Waals surface area (Å²) in [5.74, 6) is 1.41. The van der Waals surface area contributed by atoms with E-state index in [1.165, 1.54) is 0 Å². The van der Waals surface area contributed by atoms with Gasteiger partial charge in [0.05, 0.1) is 10.6 Å². The molecule has 0 aliphatic rings. The molecule has 1 unspecified atom stereocenters. The molecule has 1 aromatic heterocycles. The number of nitrogens with zero attached hydrogens (tertiary/aromatic N) is 2. The highest BCUT2D eigenvalue weighted by atomic mass is 32.2. The van der Waals surface area contributed by atoms with Crippen molar-refractivity contribution in [2.24, 2.45) is 0 Å². The normalized spacial score (nSPS) is 12.8. The standard InChI is InChI=1S/C17H23N3O2S/c1-4-14-11-17(19-13(3)18-14)20-15(5-2)12-23(21,22)16-9-7-6-8-10-16/h6-11,15H,4-5,12H2,1-3H3,(H,18,19,20). The third-order valence-corrected chi connectivity index (χ3v) is 5.45. The molecule has 6 heteroatoms. The lowest BCUT2D eigenvalue weighted by Crippen LogP contribution is -2.29. The van der Waals surface area contributed by atoms with Crippen LogP contribution in [0.15, 0.2) is 41.3 Å². The molecule has 0 saturated heterocycles. The van der Waals surface area contributed by atoms with E-state index in [-0.39, 0.29) is 11.8 Å². The van der Waals surface area contributed by atoms with E-state index in [9.17, 15) is 8.42 Å². The third kappa shape index (κ3) is 4.76. The van der Waals surface area contributed by atoms with Crippen molar-refractivity contribution in [2.45, 2.75) is 44.6 Å². The van der Waals surface area contributed by atoms with Crippen LogP contribution in [0.1, 0.15) is 31.8 Å². The minimum atomic E-state index is -3.32. The Bertz CT molecular complexity index is 746. The Labute approximate surface area is 138 Å². The van der Waals surface area contributed by atoms with Crippen LogP contribution in [0, 0.1) is 6.92 Å². The maximum atomic E-state index is 12.5. The summed E-state index contributed by atoms with van der Waals surface area (Å²) in [7, 11) is -3.32. The van der Waals surface area contributed by atoms with Gasteiger partial charge in [0.1, 0.15) is 11.6 Å². The van der Waals surface area contributed by atoms with Crippen LogP contribution in [0.5, 0.6) is 0 Å². The van der Waals surface area contributed by atoms with Gasteiger partial charge in [0.15, 0.2) is 9.84 Å². The smallest absolute Gasteiger partial charge is 0.180 e. The van der Waals surface area contributed by atoms with Gasteiger partial charge in [-0.1, -0.05) is 32.0 Å². The lowest BCUT2D eigenvalue weighted by molar-refractivity contribution is 0.587. The van der Waals surface area contributed by atoms with Crippen molar-refractivity contribution in [3.8, 4) is 0 Å². The molecule has 23 heavy (non-hydrogen) atoms. The molecule has 0 fully saturated rings. The van der Waals surface area contributed by atoms with Crippen LogP contribution in [0.2, 0.25) is 0 Å². The molecule has 0 saturated carbocycles. The molecule has 0 bridgehead atoms. The molecule has 2 aromatic rings. The van der Waals surface area contributed by atoms with E-state index in [0.717, 1.165) is 12.1 Å². The summed E-state index contributed by atoms with van der Waals surface area (Å²) >= 11 is 0. The minimum absolute atomic E-state index is 0.0397. The van der Waals surface area contributed by atoms with Gasteiger partial charge in [-0.2, -0.15) is 0 Å². The van der Waals surface area contributed by atoms with Gasteiger partial charge in [-0.3, -0.25) is 0 Å². The Kier molecular flexibility index (Phi) is 5.71. The van der Waals surface area contributed by atoms with Gasteiger partial charge in [-0.15, -0.1) is 0 Å². The van der Waals surface area contributed by atoms with Crippen LogP contribution in [-0.2, 0) is 16.3 Å². The zero-order valence-corrected chi connectivity index (χ0v) is 14.6. The Balaban J connectivity index is 2.16. The highest BCUT2D eigenvalue weighted by Crippen LogP contribution is 2.16. The van der Waals surface area contributed by atoms with Crippen molar-refractivity contribution in [3.05, 3.63) is 47.9 Å². The fourth-order valence-electron chi connectivity index (χ4n) is 2.34. The van der Waals surface area contributed by atoms with Crippen molar-refractivity contribution in [1.82, 2.24) is 9.97 Å². The molecule has 0 radical (unpaired) electrons. The molecule has 0 amide bonds. The first-order valence-electron chi connectivity index (χ1n) is 7.83. The van der Waals surface area contributed by atoms with Gasteiger partial charge in [-0.25, -0.2) is 18.4 Å². The molecular formula is C17H23N3O2S. The highest BCUT2D eigenvalue weighted by Gasteiger charge is 2.20. The van der Waals surface area contributed by atoms with E-state index in [2.05, 4.69) is 15.3 Å². The SMILES string of the molecule is CCc1cc(NC(CC)CS(=O)(=O)c2ccccc2)nc(C)n1. The first-order chi connectivity index (χ1) is 10.9. The summed E-state index contributed by atoms with van der Waals surface area (Å²) in [6.45, 7) is 5.84. The summed E-state index contributed by atoms with van der Waals surface area (Å²) < 4.78 is 25.0. The number of anilines is 1. The third-order valence-electron chi connectivity index (χ3n) is 3.62. The molecule has 0 aliphatic carbocycles. The maximum Gasteiger partial charge on any atom is 0.180 e. The van der Waals surface area contributed by atoms with Crippen molar-refractivity contribution in [3.63, 3.8) is 0 Å². The Morgan fingerprint density at radius 3 is 2.43 bits per heavy atom. The van der Waals surface area contributed by atoms with E-state index in [1.807, 2.05) is 32.9 Å². The highest BCUT2D eigenvalue weighted by molar-refractivity contribution is 7.91. The summed E-state index contributed by atoms with van der Waals surface area (Å²) in [5.41, 5.74) is 0.945. The number of nitrogens with one attached hydrogen (secondary N) is 1. The second-order valence-electron chi connectivity index (χ2n) is 5.49. The number of benzene rings is 1. The molecule has 0 aliphatic heterocycles. The van der Waals surface area contributed by atoms with Gasteiger partial charge in [-0.05, 0) is 31.9 Å². The first-order valence-corrected chi connectivity index (χ1v) is 9.48. The Hall–Kier alpha value is -1.95. The minimum Gasteiger partial charge on any atom is -0.366 e. The first kappa shape index (κ1) is 17.4. The predicted molar refractivity (Wildman–Crippen MR) is 92.3 cm³/mol. The average Bonchev–Trinajstić information content (AvgIpc) is 2.54. The van der Waals surface area contributed by atoms with Crippen LogP contribution >= 0.6 is 0 Å². The zero-order chi connectivity index (χ0) is 16.9. The molecule has 2 rings (SSSR count). The largest absolute Gasteiger partial charge is 0.366 e.